The maximum Gasteiger partial charge on any atom is 0.340 e. The maximum atomic E-state index is 11.0. The second-order valence-corrected chi connectivity index (χ2v) is 6.95. The zero-order valence-electron chi connectivity index (χ0n) is 15.6. The maximum absolute atomic E-state index is 11.0. The van der Waals surface area contributed by atoms with Gasteiger partial charge >= 0.3 is 6.03 Å². The van der Waals surface area contributed by atoms with Gasteiger partial charge in [-0.05, 0) is 41.5 Å². The molecule has 0 saturated carbocycles. The topological polar surface area (TPSA) is 103 Å². The van der Waals surface area contributed by atoms with Crippen molar-refractivity contribution < 1.29 is 14.3 Å². The highest BCUT2D eigenvalue weighted by atomic mass is 35.5. The van der Waals surface area contributed by atoms with E-state index in [2.05, 4.69) is 9.89 Å². The highest BCUT2D eigenvalue weighted by Gasteiger charge is 2.25. The number of carbonyl (C=O) groups is 1. The van der Waals surface area contributed by atoms with Gasteiger partial charge in [-0.1, -0.05) is 23.7 Å². The minimum Gasteiger partial charge on any atom is -0.497 e. The Morgan fingerprint density at radius 2 is 2.04 bits per heavy atom. The Hall–Kier alpha value is -2.61. The minimum atomic E-state index is -0.846. The summed E-state index contributed by atoms with van der Waals surface area (Å²) in [6.45, 7) is 2.72. The summed E-state index contributed by atoms with van der Waals surface area (Å²) < 4.78 is 10.9. The van der Waals surface area contributed by atoms with E-state index in [9.17, 15) is 4.79 Å². The summed E-state index contributed by atoms with van der Waals surface area (Å²) in [6, 6.07) is 12.5. The number of methoxy groups -OCH3 is 1. The zero-order valence-corrected chi connectivity index (χ0v) is 16.4. The second kappa shape index (κ2) is 9.05. The van der Waals surface area contributed by atoms with Crippen molar-refractivity contribution in [3.05, 3.63) is 64.2 Å². The molecule has 0 aromatic heterocycles. The number of amidine groups is 1. The number of rotatable bonds is 5. The van der Waals surface area contributed by atoms with Crippen molar-refractivity contribution in [3.8, 4) is 5.75 Å². The number of benzene rings is 2. The molecule has 4 N–H and O–H groups in total. The van der Waals surface area contributed by atoms with E-state index in [1.54, 1.807) is 13.2 Å². The minimum absolute atomic E-state index is 0.00493. The lowest BCUT2D eigenvalue weighted by Gasteiger charge is -2.36. The molecule has 1 heterocycles. The lowest BCUT2D eigenvalue weighted by atomic mass is 10.0. The van der Waals surface area contributed by atoms with Gasteiger partial charge in [-0.15, -0.1) is 0 Å². The Labute approximate surface area is 168 Å². The van der Waals surface area contributed by atoms with Gasteiger partial charge < -0.3 is 20.9 Å². The van der Waals surface area contributed by atoms with Gasteiger partial charge in [0.15, 0.2) is 0 Å². The molecular weight excluding hydrogens is 380 g/mol. The van der Waals surface area contributed by atoms with Crippen LogP contribution in [-0.2, 0) is 11.3 Å². The second-order valence-electron chi connectivity index (χ2n) is 6.52. The summed E-state index contributed by atoms with van der Waals surface area (Å²) in [4.78, 5) is 17.0. The van der Waals surface area contributed by atoms with Gasteiger partial charge in [0, 0.05) is 23.7 Å². The van der Waals surface area contributed by atoms with Crippen LogP contribution in [0.5, 0.6) is 5.75 Å². The SMILES string of the molecule is COc1ccc(CN2CCOC[C@H]2c2cc(Cl)cc(/C(N)=N/C(N)=O)c2)cc1. The van der Waals surface area contributed by atoms with Gasteiger partial charge in [-0.25, -0.2) is 4.79 Å². The summed E-state index contributed by atoms with van der Waals surface area (Å²) in [6.07, 6.45) is 0. The average molecular weight is 403 g/mol. The molecule has 2 aromatic rings. The molecule has 0 radical (unpaired) electrons. The van der Waals surface area contributed by atoms with Crippen LogP contribution < -0.4 is 16.2 Å². The predicted octanol–water partition coefficient (Wildman–Crippen LogP) is 2.71. The molecule has 1 aliphatic rings. The molecule has 1 saturated heterocycles. The number of halogens is 1. The van der Waals surface area contributed by atoms with Crippen LogP contribution in [0.4, 0.5) is 4.79 Å². The lowest BCUT2D eigenvalue weighted by Crippen LogP contribution is -2.39. The number of amides is 2. The van der Waals surface area contributed by atoms with Crippen LogP contribution >= 0.6 is 11.6 Å². The Bertz CT molecular complexity index is 870. The Morgan fingerprint density at radius 3 is 2.71 bits per heavy atom. The van der Waals surface area contributed by atoms with Gasteiger partial charge in [0.25, 0.3) is 0 Å². The van der Waals surface area contributed by atoms with Gasteiger partial charge in [-0.2, -0.15) is 4.99 Å². The van der Waals surface area contributed by atoms with E-state index < -0.39 is 6.03 Å². The van der Waals surface area contributed by atoms with Crippen molar-refractivity contribution in [1.82, 2.24) is 4.90 Å². The van der Waals surface area contributed by atoms with Crippen LogP contribution in [0.2, 0.25) is 5.02 Å². The van der Waals surface area contributed by atoms with E-state index in [4.69, 9.17) is 32.5 Å². The normalized spacial score (nSPS) is 18.1. The van der Waals surface area contributed by atoms with E-state index in [0.717, 1.165) is 24.4 Å². The molecule has 0 unspecified atom stereocenters. The monoisotopic (exact) mass is 402 g/mol. The number of nitrogens with two attached hydrogens (primary N) is 2. The Morgan fingerprint density at radius 1 is 1.29 bits per heavy atom. The summed E-state index contributed by atoms with van der Waals surface area (Å²) in [5, 5.41) is 0.505. The van der Waals surface area contributed by atoms with Crippen LogP contribution in [0.3, 0.4) is 0 Å². The molecule has 7 nitrogen and oxygen atoms in total. The van der Waals surface area contributed by atoms with Crippen LogP contribution in [0.15, 0.2) is 47.5 Å². The third kappa shape index (κ3) is 5.01. The molecule has 28 heavy (non-hydrogen) atoms. The molecule has 1 atom stereocenters. The Balaban J connectivity index is 1.86. The highest BCUT2D eigenvalue weighted by Crippen LogP contribution is 2.29. The number of aliphatic imine (C=N–C) groups is 1. The fraction of sp³-hybridized carbons (Fsp3) is 0.300. The smallest absolute Gasteiger partial charge is 0.340 e. The van der Waals surface area contributed by atoms with Crippen LogP contribution in [0.25, 0.3) is 0 Å². The predicted molar refractivity (Wildman–Crippen MR) is 109 cm³/mol. The highest BCUT2D eigenvalue weighted by molar-refractivity contribution is 6.31. The van der Waals surface area contributed by atoms with Gasteiger partial charge in [-0.3, -0.25) is 4.90 Å². The molecule has 0 aliphatic carbocycles. The van der Waals surface area contributed by atoms with Crippen molar-refractivity contribution in [3.63, 3.8) is 0 Å². The first-order chi connectivity index (χ1) is 13.5. The number of hydrogen-bond acceptors (Lipinski definition) is 4. The number of primary amides is 1. The van der Waals surface area contributed by atoms with Gasteiger partial charge in [0.1, 0.15) is 11.6 Å². The number of hydrogen-bond donors (Lipinski definition) is 2. The quantitative estimate of drug-likeness (QED) is 0.591. The standard InChI is InChI=1S/C20H23ClN4O3/c1-27-17-4-2-13(3-5-17)11-25-6-7-28-12-18(25)14-8-15(10-16(21)9-14)19(22)24-20(23)26/h2-5,8-10,18H,6-7,11-12H2,1H3,(H4,22,23,24,26)/t18-/m0/s1. The Kier molecular flexibility index (Phi) is 6.51. The fourth-order valence-corrected chi connectivity index (χ4v) is 3.48. The molecule has 0 spiro atoms. The van der Waals surface area contributed by atoms with E-state index in [1.165, 1.54) is 5.56 Å². The molecule has 1 fully saturated rings. The third-order valence-corrected chi connectivity index (χ3v) is 4.83. The first-order valence-electron chi connectivity index (χ1n) is 8.85. The molecule has 148 valence electrons. The zero-order chi connectivity index (χ0) is 20.1. The lowest BCUT2D eigenvalue weighted by molar-refractivity contribution is -0.0127. The van der Waals surface area contributed by atoms with Crippen molar-refractivity contribution in [2.75, 3.05) is 26.9 Å². The molecule has 3 rings (SSSR count). The number of morpholine rings is 1. The van der Waals surface area contributed by atoms with Crippen molar-refractivity contribution in [1.29, 1.82) is 0 Å². The van der Waals surface area contributed by atoms with E-state index >= 15 is 0 Å². The molecule has 8 heteroatoms. The first kappa shape index (κ1) is 20.1. The molecular formula is C20H23ClN4O3. The van der Waals surface area contributed by atoms with Gasteiger partial charge in [0.2, 0.25) is 0 Å². The van der Waals surface area contributed by atoms with Gasteiger partial charge in [0.05, 0.1) is 26.4 Å². The van der Waals surface area contributed by atoms with E-state index in [1.807, 2.05) is 36.4 Å². The summed E-state index contributed by atoms with van der Waals surface area (Å²) in [7, 11) is 1.65. The summed E-state index contributed by atoms with van der Waals surface area (Å²) in [5.74, 6) is 0.862. The average Bonchev–Trinajstić information content (AvgIpc) is 2.68. The molecule has 1 aliphatic heterocycles. The number of urea groups is 1. The largest absolute Gasteiger partial charge is 0.497 e. The van der Waals surface area contributed by atoms with Crippen LogP contribution in [-0.4, -0.2) is 43.6 Å². The molecule has 2 amide bonds. The van der Waals surface area contributed by atoms with Crippen LogP contribution in [0.1, 0.15) is 22.7 Å². The first-order valence-corrected chi connectivity index (χ1v) is 9.23. The summed E-state index contributed by atoms with van der Waals surface area (Å²) in [5.41, 5.74) is 13.7. The van der Waals surface area contributed by atoms with E-state index in [-0.39, 0.29) is 11.9 Å². The summed E-state index contributed by atoms with van der Waals surface area (Å²) >= 11 is 6.29. The molecule has 2 aromatic carbocycles. The third-order valence-electron chi connectivity index (χ3n) is 4.62. The molecule has 0 bridgehead atoms. The van der Waals surface area contributed by atoms with Crippen LogP contribution in [0, 0.1) is 0 Å². The fourth-order valence-electron chi connectivity index (χ4n) is 3.24. The van der Waals surface area contributed by atoms with E-state index in [0.29, 0.717) is 23.8 Å². The number of carbonyl (C=O) groups excluding carboxylic acids is 1. The van der Waals surface area contributed by atoms with Crippen molar-refractivity contribution in [2.24, 2.45) is 16.5 Å². The number of nitrogens with zero attached hydrogens (tertiary/aromatic N) is 2. The van der Waals surface area contributed by atoms with Crippen molar-refractivity contribution >= 4 is 23.5 Å². The number of ether oxygens (including phenoxy) is 2. The van der Waals surface area contributed by atoms with Crippen molar-refractivity contribution in [2.45, 2.75) is 12.6 Å².